The molecule has 0 saturated heterocycles. The van der Waals surface area contributed by atoms with Crippen molar-refractivity contribution < 1.29 is 9.59 Å². The Morgan fingerprint density at radius 2 is 1.52 bits per heavy atom. The first-order valence-electron chi connectivity index (χ1n) is 8.33. The molecule has 0 saturated carbocycles. The summed E-state index contributed by atoms with van der Waals surface area (Å²) in [4.78, 5) is 24.7. The van der Waals surface area contributed by atoms with Crippen molar-refractivity contribution in [2.45, 2.75) is 32.4 Å². The summed E-state index contributed by atoms with van der Waals surface area (Å²) < 4.78 is 0. The zero-order valence-electron chi connectivity index (χ0n) is 14.7. The molecular formula is C21H24N2O2. The molecule has 0 heterocycles. The molecule has 2 aromatic rings. The molecule has 25 heavy (non-hydrogen) atoms. The van der Waals surface area contributed by atoms with Crippen LogP contribution in [-0.2, 0) is 16.0 Å². The quantitative estimate of drug-likeness (QED) is 0.763. The average Bonchev–Trinajstić information content (AvgIpc) is 2.62. The molecule has 2 aromatic carbocycles. The van der Waals surface area contributed by atoms with Crippen LogP contribution in [0.25, 0.3) is 0 Å². The minimum Gasteiger partial charge on any atom is -0.348 e. The van der Waals surface area contributed by atoms with Crippen molar-refractivity contribution in [1.82, 2.24) is 10.6 Å². The van der Waals surface area contributed by atoms with E-state index in [1.165, 1.54) is 0 Å². The van der Waals surface area contributed by atoms with Crippen molar-refractivity contribution in [3.63, 3.8) is 0 Å². The van der Waals surface area contributed by atoms with E-state index in [1.54, 1.807) is 6.92 Å². The fourth-order valence-corrected chi connectivity index (χ4v) is 2.48. The van der Waals surface area contributed by atoms with Gasteiger partial charge in [0, 0.05) is 12.0 Å². The second kappa shape index (κ2) is 8.83. The van der Waals surface area contributed by atoms with Gasteiger partial charge in [-0.1, -0.05) is 67.2 Å². The van der Waals surface area contributed by atoms with Gasteiger partial charge in [0.15, 0.2) is 0 Å². The van der Waals surface area contributed by atoms with Crippen LogP contribution in [0.1, 0.15) is 31.0 Å². The van der Waals surface area contributed by atoms with E-state index in [2.05, 4.69) is 17.2 Å². The van der Waals surface area contributed by atoms with Crippen LogP contribution < -0.4 is 10.6 Å². The number of amides is 2. The van der Waals surface area contributed by atoms with Gasteiger partial charge in [-0.15, -0.1) is 0 Å². The predicted octanol–water partition coefficient (Wildman–Crippen LogP) is 3.17. The number of hydrogen-bond donors (Lipinski definition) is 2. The molecule has 0 radical (unpaired) electrons. The van der Waals surface area contributed by atoms with E-state index in [-0.39, 0.29) is 17.9 Å². The van der Waals surface area contributed by atoms with Gasteiger partial charge in [-0.05, 0) is 25.0 Å². The minimum absolute atomic E-state index is 0.145. The largest absolute Gasteiger partial charge is 0.348 e. The first-order valence-corrected chi connectivity index (χ1v) is 8.33. The normalized spacial score (nSPS) is 12.7. The van der Waals surface area contributed by atoms with Gasteiger partial charge in [-0.25, -0.2) is 0 Å². The van der Waals surface area contributed by atoms with Crippen LogP contribution >= 0.6 is 0 Å². The van der Waals surface area contributed by atoms with Crippen molar-refractivity contribution in [2.24, 2.45) is 0 Å². The third kappa shape index (κ3) is 5.60. The number of nitrogens with one attached hydrogen (secondary N) is 2. The monoisotopic (exact) mass is 336 g/mol. The molecular weight excluding hydrogens is 312 g/mol. The Morgan fingerprint density at radius 3 is 2.08 bits per heavy atom. The first-order chi connectivity index (χ1) is 12.0. The molecule has 0 aliphatic rings. The number of carbonyl (C=O) groups is 2. The van der Waals surface area contributed by atoms with E-state index >= 15 is 0 Å². The van der Waals surface area contributed by atoms with Gasteiger partial charge in [-0.3, -0.25) is 9.59 Å². The molecule has 0 aliphatic heterocycles. The maximum atomic E-state index is 12.7. The molecule has 2 atom stereocenters. The molecule has 130 valence electrons. The molecule has 0 spiro atoms. The van der Waals surface area contributed by atoms with Gasteiger partial charge in [0.25, 0.3) is 0 Å². The lowest BCUT2D eigenvalue weighted by Crippen LogP contribution is -2.48. The van der Waals surface area contributed by atoms with E-state index in [4.69, 9.17) is 0 Å². The van der Waals surface area contributed by atoms with Crippen LogP contribution in [0.2, 0.25) is 0 Å². The number of benzene rings is 2. The molecule has 2 N–H and O–H groups in total. The fraction of sp³-hybridized carbons (Fsp3) is 0.238. The first kappa shape index (κ1) is 18.5. The topological polar surface area (TPSA) is 58.2 Å². The van der Waals surface area contributed by atoms with Crippen LogP contribution in [0.5, 0.6) is 0 Å². The highest BCUT2D eigenvalue weighted by Crippen LogP contribution is 2.12. The highest BCUT2D eigenvalue weighted by molar-refractivity contribution is 5.96. The third-order valence-electron chi connectivity index (χ3n) is 3.95. The summed E-state index contributed by atoms with van der Waals surface area (Å²) >= 11 is 0. The van der Waals surface area contributed by atoms with Crippen molar-refractivity contribution in [3.8, 4) is 0 Å². The van der Waals surface area contributed by atoms with Gasteiger partial charge in [0.2, 0.25) is 11.8 Å². The number of carbonyl (C=O) groups excluding carboxylic acids is 2. The van der Waals surface area contributed by atoms with E-state index < -0.39 is 6.04 Å². The van der Waals surface area contributed by atoms with Crippen molar-refractivity contribution >= 4 is 11.8 Å². The van der Waals surface area contributed by atoms with Gasteiger partial charge in [0.1, 0.15) is 6.04 Å². The summed E-state index contributed by atoms with van der Waals surface area (Å²) in [5.74, 6) is -0.529. The lowest BCUT2D eigenvalue weighted by molar-refractivity contribution is -0.127. The summed E-state index contributed by atoms with van der Waals surface area (Å²) in [6.45, 7) is 7.19. The Morgan fingerprint density at radius 1 is 0.960 bits per heavy atom. The van der Waals surface area contributed by atoms with Crippen molar-refractivity contribution in [1.29, 1.82) is 0 Å². The summed E-state index contributed by atoms with van der Waals surface area (Å²) in [6.07, 6.45) is 0.424. The highest BCUT2D eigenvalue weighted by atomic mass is 16.2. The summed E-state index contributed by atoms with van der Waals surface area (Å²) in [5, 5.41) is 5.75. The summed E-state index contributed by atoms with van der Waals surface area (Å²) in [6, 6.07) is 18.5. The zero-order valence-corrected chi connectivity index (χ0v) is 14.7. The minimum atomic E-state index is -0.655. The highest BCUT2D eigenvalue weighted by Gasteiger charge is 2.23. The predicted molar refractivity (Wildman–Crippen MR) is 99.9 cm³/mol. The molecule has 0 aliphatic carbocycles. The molecule has 0 aromatic heterocycles. The maximum Gasteiger partial charge on any atom is 0.246 e. The average molecular weight is 336 g/mol. The Bertz CT molecular complexity index is 726. The van der Waals surface area contributed by atoms with E-state index in [1.807, 2.05) is 67.6 Å². The lowest BCUT2D eigenvalue weighted by atomic mass is 10.0. The second-order valence-corrected chi connectivity index (χ2v) is 6.14. The van der Waals surface area contributed by atoms with Gasteiger partial charge in [-0.2, -0.15) is 0 Å². The standard InChI is InChI=1S/C21H24N2O2/c1-15(2)20(24)23-19(14-17-10-6-4-7-11-17)21(25)22-16(3)18-12-8-5-9-13-18/h4-13,16,19H,1,14H2,2-3H3,(H,22,25)(H,23,24)/t16?,19-/m0/s1. The van der Waals surface area contributed by atoms with Gasteiger partial charge >= 0.3 is 0 Å². The maximum absolute atomic E-state index is 12.7. The Labute approximate surface area is 149 Å². The van der Waals surface area contributed by atoms with Crippen LogP contribution in [0.4, 0.5) is 0 Å². The Hall–Kier alpha value is -2.88. The molecule has 0 fully saturated rings. The molecule has 1 unspecified atom stereocenters. The van der Waals surface area contributed by atoms with Gasteiger partial charge < -0.3 is 10.6 Å². The van der Waals surface area contributed by atoms with Crippen molar-refractivity contribution in [3.05, 3.63) is 83.9 Å². The van der Waals surface area contributed by atoms with Crippen LogP contribution in [-0.4, -0.2) is 17.9 Å². The zero-order chi connectivity index (χ0) is 18.2. The molecule has 2 amide bonds. The number of hydrogen-bond acceptors (Lipinski definition) is 2. The number of rotatable bonds is 7. The van der Waals surface area contributed by atoms with Gasteiger partial charge in [0.05, 0.1) is 6.04 Å². The van der Waals surface area contributed by atoms with Crippen LogP contribution in [0, 0.1) is 0 Å². The lowest BCUT2D eigenvalue weighted by Gasteiger charge is -2.22. The second-order valence-electron chi connectivity index (χ2n) is 6.14. The molecule has 0 bridgehead atoms. The van der Waals surface area contributed by atoms with Crippen LogP contribution in [0.3, 0.4) is 0 Å². The van der Waals surface area contributed by atoms with Crippen molar-refractivity contribution in [2.75, 3.05) is 0 Å². The van der Waals surface area contributed by atoms with Crippen LogP contribution in [0.15, 0.2) is 72.8 Å². The fourth-order valence-electron chi connectivity index (χ4n) is 2.48. The Kier molecular flexibility index (Phi) is 6.52. The Balaban J connectivity index is 2.11. The smallest absolute Gasteiger partial charge is 0.246 e. The summed E-state index contributed by atoms with van der Waals surface area (Å²) in [7, 11) is 0. The molecule has 2 rings (SSSR count). The SMILES string of the molecule is C=C(C)C(=O)N[C@@H](Cc1ccccc1)C(=O)NC(C)c1ccccc1. The summed E-state index contributed by atoms with van der Waals surface area (Å²) in [5.41, 5.74) is 2.37. The molecule has 4 heteroatoms. The molecule has 4 nitrogen and oxygen atoms in total. The van der Waals surface area contributed by atoms with E-state index in [0.717, 1.165) is 11.1 Å². The van der Waals surface area contributed by atoms with E-state index in [0.29, 0.717) is 12.0 Å². The third-order valence-corrected chi connectivity index (χ3v) is 3.95. The van der Waals surface area contributed by atoms with E-state index in [9.17, 15) is 9.59 Å².